The minimum atomic E-state index is -0.812. The van der Waals surface area contributed by atoms with Gasteiger partial charge in [-0.05, 0) is 24.5 Å². The van der Waals surface area contributed by atoms with E-state index < -0.39 is 12.0 Å². The third-order valence-corrected chi connectivity index (χ3v) is 2.39. The summed E-state index contributed by atoms with van der Waals surface area (Å²) in [6.45, 7) is 5.75. The number of hydrogen-bond acceptors (Lipinski definition) is 2. The average Bonchev–Trinajstić information content (AvgIpc) is 2.15. The molecule has 0 spiro atoms. The molecule has 0 aliphatic carbocycles. The maximum atomic E-state index is 11.0. The van der Waals surface area contributed by atoms with Crippen LogP contribution in [0.2, 0.25) is 0 Å². The van der Waals surface area contributed by atoms with Gasteiger partial charge >= 0.3 is 5.97 Å². The quantitative estimate of drug-likeness (QED) is 0.797. The Labute approximate surface area is 90.1 Å². The number of carboxylic acids is 1. The average molecular weight is 207 g/mol. The Morgan fingerprint density at radius 3 is 2.40 bits per heavy atom. The van der Waals surface area contributed by atoms with Crippen LogP contribution in [0.25, 0.3) is 0 Å². The largest absolute Gasteiger partial charge is 0.480 e. The Balaban J connectivity index is 2.84. The highest BCUT2D eigenvalue weighted by molar-refractivity contribution is 5.78. The molecule has 1 aromatic rings. The van der Waals surface area contributed by atoms with E-state index in [9.17, 15) is 4.79 Å². The number of carbonyl (C=O) groups is 1. The summed E-state index contributed by atoms with van der Waals surface area (Å²) >= 11 is 0. The van der Waals surface area contributed by atoms with Crippen molar-refractivity contribution in [3.8, 4) is 0 Å². The molecule has 1 aromatic carbocycles. The Bertz CT molecular complexity index is 347. The van der Waals surface area contributed by atoms with Crippen molar-refractivity contribution in [1.82, 2.24) is 0 Å². The molecule has 0 radical (unpaired) electrons. The first-order valence-corrected chi connectivity index (χ1v) is 5.07. The lowest BCUT2D eigenvalue weighted by atomic mass is 10.0. The van der Waals surface area contributed by atoms with Gasteiger partial charge in [-0.2, -0.15) is 0 Å². The van der Waals surface area contributed by atoms with Crippen molar-refractivity contribution in [1.29, 1.82) is 0 Å². The predicted molar refractivity (Wildman–Crippen MR) is 61.1 cm³/mol. The summed E-state index contributed by atoms with van der Waals surface area (Å²) in [6.07, 6.45) is 0. The SMILES string of the molecule is Cc1ccccc1N[C@H](C(=O)O)C(C)C. The van der Waals surface area contributed by atoms with E-state index in [1.54, 1.807) is 0 Å². The number of anilines is 1. The van der Waals surface area contributed by atoms with E-state index in [0.29, 0.717) is 0 Å². The number of carboxylic acid groups (broad SMARTS) is 1. The highest BCUT2D eigenvalue weighted by Gasteiger charge is 2.21. The van der Waals surface area contributed by atoms with E-state index in [4.69, 9.17) is 5.11 Å². The van der Waals surface area contributed by atoms with Gasteiger partial charge in [0.1, 0.15) is 6.04 Å². The molecular formula is C12H17NO2. The molecule has 0 aromatic heterocycles. The first-order valence-electron chi connectivity index (χ1n) is 5.07. The molecule has 15 heavy (non-hydrogen) atoms. The van der Waals surface area contributed by atoms with Gasteiger partial charge < -0.3 is 10.4 Å². The van der Waals surface area contributed by atoms with Crippen molar-refractivity contribution in [2.24, 2.45) is 5.92 Å². The number of nitrogens with one attached hydrogen (secondary N) is 1. The van der Waals surface area contributed by atoms with Gasteiger partial charge in [-0.15, -0.1) is 0 Å². The monoisotopic (exact) mass is 207 g/mol. The van der Waals surface area contributed by atoms with E-state index in [0.717, 1.165) is 11.3 Å². The molecule has 2 N–H and O–H groups in total. The van der Waals surface area contributed by atoms with E-state index in [-0.39, 0.29) is 5.92 Å². The highest BCUT2D eigenvalue weighted by atomic mass is 16.4. The summed E-state index contributed by atoms with van der Waals surface area (Å²) in [5.41, 5.74) is 1.95. The molecule has 0 saturated heterocycles. The minimum absolute atomic E-state index is 0.0575. The van der Waals surface area contributed by atoms with Crippen LogP contribution >= 0.6 is 0 Å². The van der Waals surface area contributed by atoms with Crippen LogP contribution in [0.15, 0.2) is 24.3 Å². The summed E-state index contributed by atoms with van der Waals surface area (Å²) in [6, 6.07) is 7.15. The molecule has 3 heteroatoms. The number of benzene rings is 1. The molecule has 82 valence electrons. The van der Waals surface area contributed by atoms with Gasteiger partial charge in [-0.25, -0.2) is 4.79 Å². The van der Waals surface area contributed by atoms with E-state index in [1.165, 1.54) is 0 Å². The van der Waals surface area contributed by atoms with Crippen molar-refractivity contribution in [3.05, 3.63) is 29.8 Å². The summed E-state index contributed by atoms with van der Waals surface area (Å²) in [4.78, 5) is 11.0. The van der Waals surface area contributed by atoms with Gasteiger partial charge in [0.2, 0.25) is 0 Å². The smallest absolute Gasteiger partial charge is 0.326 e. The van der Waals surface area contributed by atoms with E-state index in [1.807, 2.05) is 45.0 Å². The van der Waals surface area contributed by atoms with Crippen LogP contribution in [0.3, 0.4) is 0 Å². The zero-order valence-electron chi connectivity index (χ0n) is 9.32. The molecule has 0 saturated carbocycles. The molecule has 0 amide bonds. The van der Waals surface area contributed by atoms with Crippen molar-refractivity contribution in [3.63, 3.8) is 0 Å². The van der Waals surface area contributed by atoms with Gasteiger partial charge in [0.25, 0.3) is 0 Å². The van der Waals surface area contributed by atoms with Crippen LogP contribution in [0, 0.1) is 12.8 Å². The number of rotatable bonds is 4. The topological polar surface area (TPSA) is 49.3 Å². The van der Waals surface area contributed by atoms with Crippen LogP contribution in [-0.2, 0) is 4.79 Å². The molecule has 0 bridgehead atoms. The second kappa shape index (κ2) is 4.82. The van der Waals surface area contributed by atoms with Crippen molar-refractivity contribution in [2.45, 2.75) is 26.8 Å². The molecule has 1 atom stereocenters. The lowest BCUT2D eigenvalue weighted by Gasteiger charge is -2.20. The molecule has 0 heterocycles. The van der Waals surface area contributed by atoms with Crippen LogP contribution in [0.4, 0.5) is 5.69 Å². The summed E-state index contributed by atoms with van der Waals surface area (Å²) in [5, 5.41) is 12.1. The van der Waals surface area contributed by atoms with Crippen molar-refractivity contribution >= 4 is 11.7 Å². The van der Waals surface area contributed by atoms with E-state index >= 15 is 0 Å². The third-order valence-electron chi connectivity index (χ3n) is 2.39. The van der Waals surface area contributed by atoms with Crippen LogP contribution in [-0.4, -0.2) is 17.1 Å². The number of aliphatic carboxylic acids is 1. The second-order valence-electron chi connectivity index (χ2n) is 4.02. The molecule has 0 fully saturated rings. The molecule has 3 nitrogen and oxygen atoms in total. The van der Waals surface area contributed by atoms with Crippen LogP contribution in [0.1, 0.15) is 19.4 Å². The Morgan fingerprint density at radius 1 is 1.33 bits per heavy atom. The van der Waals surface area contributed by atoms with Crippen molar-refractivity contribution < 1.29 is 9.90 Å². The summed E-state index contributed by atoms with van der Waals surface area (Å²) in [7, 11) is 0. The molecule has 0 aliphatic heterocycles. The van der Waals surface area contributed by atoms with Gasteiger partial charge in [0.15, 0.2) is 0 Å². The van der Waals surface area contributed by atoms with E-state index in [2.05, 4.69) is 5.32 Å². The molecule has 1 rings (SSSR count). The fraction of sp³-hybridized carbons (Fsp3) is 0.417. The predicted octanol–water partition coefficient (Wildman–Crippen LogP) is 2.52. The Kier molecular flexibility index (Phi) is 3.72. The first kappa shape index (κ1) is 11.6. The lowest BCUT2D eigenvalue weighted by Crippen LogP contribution is -2.34. The number of hydrogen-bond donors (Lipinski definition) is 2. The Hall–Kier alpha value is -1.51. The summed E-state index contributed by atoms with van der Waals surface area (Å²) < 4.78 is 0. The van der Waals surface area contributed by atoms with Crippen molar-refractivity contribution in [2.75, 3.05) is 5.32 Å². The zero-order chi connectivity index (χ0) is 11.4. The standard InChI is InChI=1S/C12H17NO2/c1-8(2)11(12(14)15)13-10-7-5-4-6-9(10)3/h4-8,11,13H,1-3H3,(H,14,15)/t11-/m0/s1. The summed E-state index contributed by atoms with van der Waals surface area (Å²) in [5.74, 6) is -0.754. The van der Waals surface area contributed by atoms with Gasteiger partial charge in [0.05, 0.1) is 0 Å². The fourth-order valence-corrected chi connectivity index (χ4v) is 1.42. The zero-order valence-corrected chi connectivity index (χ0v) is 9.32. The maximum absolute atomic E-state index is 11.0. The highest BCUT2D eigenvalue weighted by Crippen LogP contribution is 2.17. The van der Waals surface area contributed by atoms with Gasteiger partial charge in [-0.1, -0.05) is 32.0 Å². The Morgan fingerprint density at radius 2 is 1.93 bits per heavy atom. The number of aryl methyl sites for hydroxylation is 1. The van der Waals surface area contributed by atoms with Crippen LogP contribution in [0.5, 0.6) is 0 Å². The normalized spacial score (nSPS) is 12.5. The fourth-order valence-electron chi connectivity index (χ4n) is 1.42. The maximum Gasteiger partial charge on any atom is 0.326 e. The van der Waals surface area contributed by atoms with Gasteiger partial charge in [0, 0.05) is 5.69 Å². The first-order chi connectivity index (χ1) is 7.02. The second-order valence-corrected chi connectivity index (χ2v) is 4.02. The minimum Gasteiger partial charge on any atom is -0.480 e. The third kappa shape index (κ3) is 2.98. The number of para-hydroxylation sites is 1. The molecular weight excluding hydrogens is 190 g/mol. The van der Waals surface area contributed by atoms with Gasteiger partial charge in [-0.3, -0.25) is 0 Å². The lowest BCUT2D eigenvalue weighted by molar-refractivity contribution is -0.138. The molecule has 0 unspecified atom stereocenters. The molecule has 0 aliphatic rings. The van der Waals surface area contributed by atoms with Crippen LogP contribution < -0.4 is 5.32 Å².